The normalized spacial score (nSPS) is 12.1. The minimum absolute atomic E-state index is 0.419. The number of benzene rings is 1. The standard InChI is InChI=1S/C16H19N3S/c1-4-13(11-20-3)19(2)16-12(9-17)10-18-15-8-6-5-7-14(15)16/h5-8,10,13H,4,11H2,1-3H3. The molecule has 0 bridgehead atoms. The molecule has 104 valence electrons. The molecule has 20 heavy (non-hydrogen) atoms. The molecule has 0 aliphatic carbocycles. The first kappa shape index (κ1) is 14.7. The third kappa shape index (κ3) is 2.73. The molecule has 0 saturated carbocycles. The third-order valence-electron chi connectivity index (χ3n) is 3.60. The highest BCUT2D eigenvalue weighted by Crippen LogP contribution is 2.30. The largest absolute Gasteiger partial charge is 0.369 e. The molecule has 0 aliphatic rings. The van der Waals surface area contributed by atoms with Gasteiger partial charge in [0.25, 0.3) is 0 Å². The van der Waals surface area contributed by atoms with Crippen LogP contribution in [0.3, 0.4) is 0 Å². The Bertz CT molecular complexity index is 633. The van der Waals surface area contributed by atoms with Crippen LogP contribution in [0.25, 0.3) is 10.9 Å². The maximum Gasteiger partial charge on any atom is 0.103 e. The SMILES string of the molecule is CCC(CSC)N(C)c1c(C#N)cnc2ccccc12. The summed E-state index contributed by atoms with van der Waals surface area (Å²) in [5.74, 6) is 1.05. The predicted molar refractivity (Wildman–Crippen MR) is 87.3 cm³/mol. The number of fused-ring (bicyclic) bond motifs is 1. The van der Waals surface area contributed by atoms with Crippen molar-refractivity contribution in [2.75, 3.05) is 24.0 Å². The summed E-state index contributed by atoms with van der Waals surface area (Å²) in [5.41, 5.74) is 2.58. The van der Waals surface area contributed by atoms with Gasteiger partial charge in [0, 0.05) is 30.4 Å². The van der Waals surface area contributed by atoms with Gasteiger partial charge in [0.1, 0.15) is 6.07 Å². The Morgan fingerprint density at radius 3 is 2.80 bits per heavy atom. The second-order valence-electron chi connectivity index (χ2n) is 4.78. The monoisotopic (exact) mass is 285 g/mol. The van der Waals surface area contributed by atoms with E-state index in [1.54, 1.807) is 6.20 Å². The van der Waals surface area contributed by atoms with Crippen LogP contribution in [0.2, 0.25) is 0 Å². The van der Waals surface area contributed by atoms with Crippen LogP contribution in [0.15, 0.2) is 30.5 Å². The molecule has 2 rings (SSSR count). The van der Waals surface area contributed by atoms with Crippen molar-refractivity contribution >= 4 is 28.4 Å². The summed E-state index contributed by atoms with van der Waals surface area (Å²) in [6.07, 6.45) is 4.85. The van der Waals surface area contributed by atoms with Gasteiger partial charge in [0.05, 0.1) is 16.8 Å². The van der Waals surface area contributed by atoms with E-state index in [1.807, 2.05) is 36.0 Å². The highest BCUT2D eigenvalue weighted by Gasteiger charge is 2.18. The van der Waals surface area contributed by atoms with E-state index in [-0.39, 0.29) is 0 Å². The van der Waals surface area contributed by atoms with Gasteiger partial charge in [0.15, 0.2) is 0 Å². The minimum atomic E-state index is 0.419. The Labute approximate surface area is 124 Å². The molecule has 2 aromatic rings. The first-order valence-corrected chi connectivity index (χ1v) is 8.11. The summed E-state index contributed by atoms with van der Waals surface area (Å²) in [4.78, 5) is 6.61. The van der Waals surface area contributed by atoms with Gasteiger partial charge in [-0.1, -0.05) is 25.1 Å². The zero-order chi connectivity index (χ0) is 14.5. The molecule has 0 amide bonds. The number of thioether (sulfide) groups is 1. The van der Waals surface area contributed by atoms with E-state index in [9.17, 15) is 5.26 Å². The summed E-state index contributed by atoms with van der Waals surface area (Å²) in [7, 11) is 2.08. The Morgan fingerprint density at radius 2 is 2.15 bits per heavy atom. The lowest BCUT2D eigenvalue weighted by molar-refractivity contribution is 0.674. The van der Waals surface area contributed by atoms with Gasteiger partial charge < -0.3 is 4.90 Å². The molecule has 4 heteroatoms. The van der Waals surface area contributed by atoms with Crippen LogP contribution < -0.4 is 4.90 Å². The van der Waals surface area contributed by atoms with E-state index in [0.717, 1.165) is 28.8 Å². The summed E-state index contributed by atoms with van der Waals surface area (Å²) in [6, 6.07) is 10.7. The molecule has 0 saturated heterocycles. The Kier molecular flexibility index (Phi) is 4.86. The van der Waals surface area contributed by atoms with Crippen LogP contribution in [0.1, 0.15) is 18.9 Å². The highest BCUT2D eigenvalue weighted by molar-refractivity contribution is 7.98. The molecule has 1 unspecified atom stereocenters. The number of nitriles is 1. The van der Waals surface area contributed by atoms with Crippen molar-refractivity contribution in [3.8, 4) is 6.07 Å². The Balaban J connectivity index is 2.58. The zero-order valence-electron chi connectivity index (χ0n) is 12.1. The summed E-state index contributed by atoms with van der Waals surface area (Å²) in [5, 5.41) is 10.4. The molecule has 0 N–H and O–H groups in total. The Hall–Kier alpha value is -1.73. The molecule has 1 atom stereocenters. The zero-order valence-corrected chi connectivity index (χ0v) is 12.9. The topological polar surface area (TPSA) is 39.9 Å². The highest BCUT2D eigenvalue weighted by atomic mass is 32.2. The molecular formula is C16H19N3S. The minimum Gasteiger partial charge on any atom is -0.369 e. The van der Waals surface area contributed by atoms with Crippen molar-refractivity contribution in [1.82, 2.24) is 4.98 Å². The van der Waals surface area contributed by atoms with E-state index in [2.05, 4.69) is 36.2 Å². The summed E-state index contributed by atoms with van der Waals surface area (Å²) in [6.45, 7) is 2.19. The van der Waals surface area contributed by atoms with Crippen molar-refractivity contribution in [3.63, 3.8) is 0 Å². The molecule has 0 fully saturated rings. The van der Waals surface area contributed by atoms with Gasteiger partial charge in [-0.3, -0.25) is 4.98 Å². The number of nitrogens with zero attached hydrogens (tertiary/aromatic N) is 3. The second kappa shape index (κ2) is 6.62. The maximum absolute atomic E-state index is 9.39. The fourth-order valence-electron chi connectivity index (χ4n) is 2.47. The fourth-order valence-corrected chi connectivity index (χ4v) is 3.31. The molecule has 0 aliphatic heterocycles. The lowest BCUT2D eigenvalue weighted by Gasteiger charge is -2.30. The van der Waals surface area contributed by atoms with Crippen LogP contribution >= 0.6 is 11.8 Å². The van der Waals surface area contributed by atoms with E-state index in [1.165, 1.54) is 0 Å². The molecule has 1 heterocycles. The molecule has 0 spiro atoms. The van der Waals surface area contributed by atoms with Crippen molar-refractivity contribution in [3.05, 3.63) is 36.0 Å². The van der Waals surface area contributed by atoms with Crippen LogP contribution in [0, 0.1) is 11.3 Å². The smallest absolute Gasteiger partial charge is 0.103 e. The quantitative estimate of drug-likeness (QED) is 0.840. The van der Waals surface area contributed by atoms with Crippen molar-refractivity contribution in [1.29, 1.82) is 5.26 Å². The van der Waals surface area contributed by atoms with Gasteiger partial charge in [-0.2, -0.15) is 17.0 Å². The molecule has 3 nitrogen and oxygen atoms in total. The number of anilines is 1. The van der Waals surface area contributed by atoms with E-state index < -0.39 is 0 Å². The lowest BCUT2D eigenvalue weighted by atomic mass is 10.1. The molecule has 1 aromatic carbocycles. The summed E-state index contributed by atoms with van der Waals surface area (Å²) < 4.78 is 0. The third-order valence-corrected chi connectivity index (χ3v) is 4.32. The molecule has 1 aromatic heterocycles. The van der Waals surface area contributed by atoms with Gasteiger partial charge in [-0.25, -0.2) is 0 Å². The van der Waals surface area contributed by atoms with Crippen LogP contribution in [-0.2, 0) is 0 Å². The van der Waals surface area contributed by atoms with Crippen LogP contribution in [-0.4, -0.2) is 30.1 Å². The average Bonchev–Trinajstić information content (AvgIpc) is 2.50. The van der Waals surface area contributed by atoms with Crippen LogP contribution in [0.5, 0.6) is 0 Å². The summed E-state index contributed by atoms with van der Waals surface area (Å²) >= 11 is 1.84. The fraction of sp³-hybridized carbons (Fsp3) is 0.375. The molecule has 0 radical (unpaired) electrons. The first-order chi connectivity index (χ1) is 9.72. The number of hydrogen-bond acceptors (Lipinski definition) is 4. The van der Waals surface area contributed by atoms with E-state index in [4.69, 9.17) is 0 Å². The molecular weight excluding hydrogens is 266 g/mol. The van der Waals surface area contributed by atoms with E-state index in [0.29, 0.717) is 11.6 Å². The van der Waals surface area contributed by atoms with Gasteiger partial charge >= 0.3 is 0 Å². The van der Waals surface area contributed by atoms with E-state index >= 15 is 0 Å². The second-order valence-corrected chi connectivity index (χ2v) is 5.69. The number of pyridine rings is 1. The number of para-hydroxylation sites is 1. The van der Waals surface area contributed by atoms with Crippen molar-refractivity contribution in [2.24, 2.45) is 0 Å². The number of rotatable bonds is 5. The Morgan fingerprint density at radius 1 is 1.40 bits per heavy atom. The first-order valence-electron chi connectivity index (χ1n) is 6.72. The van der Waals surface area contributed by atoms with Gasteiger partial charge in [-0.05, 0) is 18.7 Å². The average molecular weight is 285 g/mol. The van der Waals surface area contributed by atoms with Crippen molar-refractivity contribution < 1.29 is 0 Å². The van der Waals surface area contributed by atoms with Gasteiger partial charge in [0.2, 0.25) is 0 Å². The maximum atomic E-state index is 9.39. The van der Waals surface area contributed by atoms with Crippen LogP contribution in [0.4, 0.5) is 5.69 Å². The number of hydrogen-bond donors (Lipinski definition) is 0. The van der Waals surface area contributed by atoms with Gasteiger partial charge in [-0.15, -0.1) is 0 Å². The predicted octanol–water partition coefficient (Wildman–Crippen LogP) is 3.68. The number of aromatic nitrogens is 1. The van der Waals surface area contributed by atoms with Crippen molar-refractivity contribution in [2.45, 2.75) is 19.4 Å². The lowest BCUT2D eigenvalue weighted by Crippen LogP contribution is -2.33.